The van der Waals surface area contributed by atoms with Gasteiger partial charge in [0.2, 0.25) is 0 Å². The van der Waals surface area contributed by atoms with Crippen molar-refractivity contribution in [1.29, 1.82) is 0 Å². The van der Waals surface area contributed by atoms with E-state index in [1.165, 1.54) is 4.57 Å². The van der Waals surface area contributed by atoms with Crippen molar-refractivity contribution < 1.29 is 9.53 Å². The molecule has 0 aliphatic rings. The molecule has 0 bridgehead atoms. The Bertz CT molecular complexity index is 1430. The van der Waals surface area contributed by atoms with Crippen molar-refractivity contribution >= 4 is 45.9 Å². The Hall–Kier alpha value is -3.62. The third kappa shape index (κ3) is 5.13. The predicted molar refractivity (Wildman–Crippen MR) is 136 cm³/mol. The summed E-state index contributed by atoms with van der Waals surface area (Å²) >= 11 is 7.34. The molecule has 34 heavy (non-hydrogen) atoms. The molecule has 7 nitrogen and oxygen atoms in total. The highest BCUT2D eigenvalue weighted by Crippen LogP contribution is 2.23. The second-order valence-electron chi connectivity index (χ2n) is 7.25. The van der Waals surface area contributed by atoms with Crippen LogP contribution in [0.15, 0.2) is 87.8 Å². The average molecular weight is 493 g/mol. The van der Waals surface area contributed by atoms with Crippen molar-refractivity contribution in [2.45, 2.75) is 12.1 Å². The monoisotopic (exact) mass is 492 g/mol. The highest BCUT2D eigenvalue weighted by atomic mass is 35.5. The van der Waals surface area contributed by atoms with Crippen LogP contribution in [0, 0.1) is 0 Å². The van der Waals surface area contributed by atoms with E-state index in [2.05, 4.69) is 15.5 Å². The van der Waals surface area contributed by atoms with E-state index in [-0.39, 0.29) is 17.2 Å². The van der Waals surface area contributed by atoms with Crippen LogP contribution in [0.25, 0.3) is 16.6 Å². The topological polar surface area (TPSA) is 85.6 Å². The van der Waals surface area contributed by atoms with E-state index in [0.29, 0.717) is 38.2 Å². The number of rotatable bonds is 7. The van der Waals surface area contributed by atoms with Gasteiger partial charge in [-0.15, -0.1) is 0 Å². The molecule has 1 heterocycles. The van der Waals surface area contributed by atoms with E-state index >= 15 is 0 Å². The van der Waals surface area contributed by atoms with Crippen LogP contribution in [0.2, 0.25) is 5.02 Å². The van der Waals surface area contributed by atoms with Crippen molar-refractivity contribution in [1.82, 2.24) is 15.0 Å². The predicted octanol–water partition coefficient (Wildman–Crippen LogP) is 4.68. The molecule has 9 heteroatoms. The number of hydrogen-bond acceptors (Lipinski definition) is 6. The molecule has 1 aromatic heterocycles. The Morgan fingerprint density at radius 1 is 1.09 bits per heavy atom. The molecule has 0 aliphatic heterocycles. The molecule has 1 N–H and O–H groups in total. The summed E-state index contributed by atoms with van der Waals surface area (Å²) in [6.45, 7) is 1.76. The van der Waals surface area contributed by atoms with Crippen LogP contribution in [-0.2, 0) is 4.79 Å². The molecule has 3 aromatic carbocycles. The average Bonchev–Trinajstić information content (AvgIpc) is 2.86. The first-order valence-electron chi connectivity index (χ1n) is 10.3. The van der Waals surface area contributed by atoms with Crippen molar-refractivity contribution in [2.24, 2.45) is 5.10 Å². The van der Waals surface area contributed by atoms with E-state index in [1.807, 2.05) is 24.3 Å². The summed E-state index contributed by atoms with van der Waals surface area (Å²) < 4.78 is 6.72. The number of carbonyl (C=O) groups excluding carboxylic acids is 1. The van der Waals surface area contributed by atoms with Gasteiger partial charge < -0.3 is 4.74 Å². The van der Waals surface area contributed by atoms with E-state index in [4.69, 9.17) is 16.3 Å². The summed E-state index contributed by atoms with van der Waals surface area (Å²) in [7, 11) is 1.58. The van der Waals surface area contributed by atoms with Gasteiger partial charge >= 0.3 is 0 Å². The second-order valence-corrected chi connectivity index (χ2v) is 8.60. The molecule has 0 saturated carbocycles. The van der Waals surface area contributed by atoms with Gasteiger partial charge in [-0.1, -0.05) is 53.7 Å². The van der Waals surface area contributed by atoms with Crippen LogP contribution >= 0.6 is 23.4 Å². The van der Waals surface area contributed by atoms with Gasteiger partial charge in [0.25, 0.3) is 11.5 Å². The second kappa shape index (κ2) is 10.5. The number of fused-ring (bicyclic) bond motifs is 1. The summed E-state index contributed by atoms with van der Waals surface area (Å²) in [5.41, 5.74) is 4.84. The third-order valence-corrected chi connectivity index (χ3v) is 6.29. The molecule has 0 aliphatic carbocycles. The molecule has 1 amide bonds. The number of amides is 1. The van der Waals surface area contributed by atoms with Crippen LogP contribution in [0.4, 0.5) is 0 Å². The SMILES string of the molecule is COc1ccc(-n2c(SCC(=O)NN=C(C)c3ccccc3Cl)nc3ccccc3c2=O)cc1. The Labute approximate surface area is 205 Å². The molecular formula is C25H21ClN4O3S. The normalized spacial score (nSPS) is 11.4. The zero-order valence-electron chi connectivity index (χ0n) is 18.5. The Kier molecular flexibility index (Phi) is 7.30. The van der Waals surface area contributed by atoms with Gasteiger partial charge in [-0.2, -0.15) is 5.10 Å². The maximum Gasteiger partial charge on any atom is 0.266 e. The number of nitrogens with one attached hydrogen (secondary N) is 1. The van der Waals surface area contributed by atoms with Gasteiger partial charge in [0.15, 0.2) is 5.16 Å². The van der Waals surface area contributed by atoms with Gasteiger partial charge in [0.1, 0.15) is 5.75 Å². The summed E-state index contributed by atoms with van der Waals surface area (Å²) in [6.07, 6.45) is 0. The Morgan fingerprint density at radius 3 is 2.53 bits per heavy atom. The smallest absolute Gasteiger partial charge is 0.266 e. The number of benzene rings is 3. The zero-order valence-corrected chi connectivity index (χ0v) is 20.1. The first-order valence-corrected chi connectivity index (χ1v) is 11.7. The van der Waals surface area contributed by atoms with Gasteiger partial charge in [-0.3, -0.25) is 14.2 Å². The Morgan fingerprint density at radius 2 is 1.79 bits per heavy atom. The van der Waals surface area contributed by atoms with Gasteiger partial charge in [-0.25, -0.2) is 10.4 Å². The van der Waals surface area contributed by atoms with Gasteiger partial charge in [-0.05, 0) is 49.4 Å². The van der Waals surface area contributed by atoms with Crippen molar-refractivity contribution in [3.8, 4) is 11.4 Å². The largest absolute Gasteiger partial charge is 0.497 e. The minimum atomic E-state index is -0.333. The van der Waals surface area contributed by atoms with E-state index in [1.54, 1.807) is 62.6 Å². The van der Waals surface area contributed by atoms with E-state index in [0.717, 1.165) is 17.3 Å². The number of ether oxygens (including phenoxy) is 1. The number of methoxy groups -OCH3 is 1. The maximum absolute atomic E-state index is 13.3. The first kappa shape index (κ1) is 23.5. The number of nitrogens with zero attached hydrogens (tertiary/aromatic N) is 3. The molecule has 172 valence electrons. The lowest BCUT2D eigenvalue weighted by molar-refractivity contribution is -0.118. The van der Waals surface area contributed by atoms with Crippen LogP contribution < -0.4 is 15.7 Å². The Balaban J connectivity index is 1.59. The highest BCUT2D eigenvalue weighted by molar-refractivity contribution is 7.99. The first-order chi connectivity index (χ1) is 16.5. The van der Waals surface area contributed by atoms with E-state index < -0.39 is 0 Å². The van der Waals surface area contributed by atoms with Gasteiger partial charge in [0, 0.05) is 10.6 Å². The summed E-state index contributed by atoms with van der Waals surface area (Å²) in [6, 6.07) is 21.5. The van der Waals surface area contributed by atoms with Crippen molar-refractivity contribution in [3.05, 3.63) is 93.7 Å². The fourth-order valence-electron chi connectivity index (χ4n) is 3.29. The molecule has 4 aromatic rings. The van der Waals surface area contributed by atoms with E-state index in [9.17, 15) is 9.59 Å². The molecule has 0 saturated heterocycles. The molecular weight excluding hydrogens is 472 g/mol. The quantitative estimate of drug-likeness (QED) is 0.175. The minimum absolute atomic E-state index is 0.0141. The maximum atomic E-state index is 13.3. The number of hydrogen-bond donors (Lipinski definition) is 1. The fraction of sp³-hybridized carbons (Fsp3) is 0.120. The standard InChI is InChI=1S/C25H21ClN4O3S/c1-16(19-7-3-5-9-21(19)26)28-29-23(31)15-34-25-27-22-10-6-4-8-20(22)24(32)30(25)17-11-13-18(33-2)14-12-17/h3-14H,15H2,1-2H3,(H,29,31). The molecule has 4 rings (SSSR count). The molecule has 0 spiro atoms. The fourth-order valence-corrected chi connectivity index (χ4v) is 4.37. The van der Waals surface area contributed by atoms with Crippen molar-refractivity contribution in [2.75, 3.05) is 12.9 Å². The van der Waals surface area contributed by atoms with Crippen LogP contribution in [-0.4, -0.2) is 34.0 Å². The lowest BCUT2D eigenvalue weighted by atomic mass is 10.1. The number of aromatic nitrogens is 2. The van der Waals surface area contributed by atoms with Crippen molar-refractivity contribution in [3.63, 3.8) is 0 Å². The third-order valence-electron chi connectivity index (χ3n) is 5.02. The minimum Gasteiger partial charge on any atom is -0.497 e. The molecule has 0 atom stereocenters. The van der Waals surface area contributed by atoms with Crippen LogP contribution in [0.1, 0.15) is 12.5 Å². The number of para-hydroxylation sites is 1. The molecule has 0 radical (unpaired) electrons. The lowest BCUT2D eigenvalue weighted by Crippen LogP contribution is -2.24. The molecule has 0 unspecified atom stereocenters. The van der Waals surface area contributed by atoms with Crippen LogP contribution in [0.3, 0.4) is 0 Å². The van der Waals surface area contributed by atoms with Crippen LogP contribution in [0.5, 0.6) is 5.75 Å². The number of hydrazone groups is 1. The number of carbonyl (C=O) groups is 1. The summed E-state index contributed by atoms with van der Waals surface area (Å²) in [4.78, 5) is 30.5. The molecule has 0 fully saturated rings. The lowest BCUT2D eigenvalue weighted by Gasteiger charge is -2.13. The summed E-state index contributed by atoms with van der Waals surface area (Å²) in [5.74, 6) is 0.353. The van der Waals surface area contributed by atoms with Gasteiger partial charge in [0.05, 0.1) is 35.2 Å². The zero-order chi connectivity index (χ0) is 24.1. The highest BCUT2D eigenvalue weighted by Gasteiger charge is 2.15. The number of halogens is 1. The number of thioether (sulfide) groups is 1. The summed E-state index contributed by atoms with van der Waals surface area (Å²) in [5, 5.41) is 5.59.